The molecule has 1 aliphatic heterocycles. The second-order valence-corrected chi connectivity index (χ2v) is 5.47. The van der Waals surface area contributed by atoms with Gasteiger partial charge in [-0.25, -0.2) is 0 Å². The van der Waals surface area contributed by atoms with Crippen molar-refractivity contribution in [2.45, 2.75) is 19.8 Å². The summed E-state index contributed by atoms with van der Waals surface area (Å²) in [6, 6.07) is 0. The van der Waals surface area contributed by atoms with E-state index >= 15 is 0 Å². The van der Waals surface area contributed by atoms with Crippen LogP contribution < -0.4 is 15.6 Å². The molecule has 0 atom stereocenters. The topological polar surface area (TPSA) is 46.6 Å². The molecule has 1 fully saturated rings. The summed E-state index contributed by atoms with van der Waals surface area (Å²) >= 11 is 1.70. The lowest BCUT2D eigenvalue weighted by atomic mass is 10.1. The Hall–Kier alpha value is -1.23. The Morgan fingerprint density at radius 1 is 1.39 bits per heavy atom. The molecule has 0 aliphatic carbocycles. The van der Waals surface area contributed by atoms with E-state index in [0.717, 1.165) is 30.2 Å². The lowest BCUT2D eigenvalue weighted by Crippen LogP contribution is -2.35. The summed E-state index contributed by atoms with van der Waals surface area (Å²) in [6.07, 6.45) is 3.68. The van der Waals surface area contributed by atoms with Crippen molar-refractivity contribution in [3.8, 4) is 5.75 Å². The van der Waals surface area contributed by atoms with Gasteiger partial charge in [-0.3, -0.25) is 9.59 Å². The molecule has 0 radical (unpaired) electrons. The van der Waals surface area contributed by atoms with Crippen LogP contribution in [-0.4, -0.2) is 30.9 Å². The average molecular weight is 267 g/mol. The number of rotatable bonds is 5. The number of nitrogens with zero attached hydrogens (tertiary/aromatic N) is 1. The maximum atomic E-state index is 11.5. The third kappa shape index (κ3) is 2.46. The number of hydrogen-bond donors (Lipinski definition) is 0. The molecule has 0 saturated carbocycles. The average Bonchev–Trinajstić information content (AvgIpc) is 2.78. The highest BCUT2D eigenvalue weighted by atomic mass is 32.2. The highest BCUT2D eigenvalue weighted by Gasteiger charge is 2.23. The molecule has 1 aliphatic rings. The van der Waals surface area contributed by atoms with E-state index in [1.165, 1.54) is 0 Å². The van der Waals surface area contributed by atoms with E-state index in [1.54, 1.807) is 17.8 Å². The molecule has 1 heterocycles. The van der Waals surface area contributed by atoms with Crippen LogP contribution in [0.3, 0.4) is 0 Å². The molecular formula is C13H17NO3S. The SMILES string of the molecule is CCCCOc1c(/C=C2/SCCN2C)c(=O)c1=O. The van der Waals surface area contributed by atoms with Gasteiger partial charge in [-0.1, -0.05) is 13.3 Å². The van der Waals surface area contributed by atoms with Gasteiger partial charge in [-0.2, -0.15) is 0 Å². The molecule has 0 N–H and O–H groups in total. The quantitative estimate of drug-likeness (QED) is 0.597. The maximum absolute atomic E-state index is 11.5. The molecule has 1 saturated heterocycles. The van der Waals surface area contributed by atoms with E-state index in [9.17, 15) is 9.59 Å². The van der Waals surface area contributed by atoms with E-state index in [2.05, 4.69) is 11.8 Å². The van der Waals surface area contributed by atoms with Gasteiger partial charge in [0.2, 0.25) is 5.43 Å². The van der Waals surface area contributed by atoms with Gasteiger partial charge in [0.25, 0.3) is 5.43 Å². The fourth-order valence-electron chi connectivity index (χ4n) is 1.76. The lowest BCUT2D eigenvalue weighted by molar-refractivity contribution is 0.302. The van der Waals surface area contributed by atoms with Crippen molar-refractivity contribution in [3.63, 3.8) is 0 Å². The van der Waals surface area contributed by atoms with Gasteiger partial charge in [-0.15, -0.1) is 11.8 Å². The minimum atomic E-state index is -0.483. The number of unbranched alkanes of at least 4 members (excludes halogenated alkanes) is 1. The van der Waals surface area contributed by atoms with Gasteiger partial charge in [0.1, 0.15) is 0 Å². The van der Waals surface area contributed by atoms with Crippen LogP contribution >= 0.6 is 11.8 Å². The van der Waals surface area contributed by atoms with Gasteiger partial charge < -0.3 is 9.64 Å². The van der Waals surface area contributed by atoms with E-state index < -0.39 is 10.9 Å². The zero-order chi connectivity index (χ0) is 13.1. The first-order chi connectivity index (χ1) is 8.65. The van der Waals surface area contributed by atoms with Crippen molar-refractivity contribution in [2.24, 2.45) is 0 Å². The lowest BCUT2D eigenvalue weighted by Gasteiger charge is -2.13. The highest BCUT2D eigenvalue weighted by Crippen LogP contribution is 2.29. The molecule has 0 amide bonds. The van der Waals surface area contributed by atoms with Crippen molar-refractivity contribution in [2.75, 3.05) is 26.0 Å². The molecule has 0 unspecified atom stereocenters. The Kier molecular flexibility index (Phi) is 4.11. The molecule has 4 nitrogen and oxygen atoms in total. The van der Waals surface area contributed by atoms with Crippen LogP contribution in [0.5, 0.6) is 5.75 Å². The van der Waals surface area contributed by atoms with Gasteiger partial charge in [0.05, 0.1) is 17.2 Å². The molecule has 2 rings (SSSR count). The molecule has 0 bridgehead atoms. The summed E-state index contributed by atoms with van der Waals surface area (Å²) < 4.78 is 5.40. The Morgan fingerprint density at radius 3 is 2.78 bits per heavy atom. The van der Waals surface area contributed by atoms with Crippen molar-refractivity contribution in [1.29, 1.82) is 0 Å². The zero-order valence-electron chi connectivity index (χ0n) is 10.7. The Balaban J connectivity index is 2.16. The van der Waals surface area contributed by atoms with Crippen molar-refractivity contribution in [1.82, 2.24) is 4.90 Å². The van der Waals surface area contributed by atoms with Crippen LogP contribution in [0.2, 0.25) is 0 Å². The predicted octanol–water partition coefficient (Wildman–Crippen LogP) is 1.44. The first-order valence-corrected chi connectivity index (χ1v) is 7.15. The van der Waals surface area contributed by atoms with Crippen LogP contribution in [0.25, 0.3) is 6.08 Å². The third-order valence-electron chi connectivity index (χ3n) is 2.97. The van der Waals surface area contributed by atoms with Crippen LogP contribution in [0.15, 0.2) is 14.6 Å². The van der Waals surface area contributed by atoms with Crippen molar-refractivity contribution >= 4 is 17.8 Å². The minimum absolute atomic E-state index is 0.252. The monoisotopic (exact) mass is 267 g/mol. The first-order valence-electron chi connectivity index (χ1n) is 6.17. The number of ether oxygens (including phenoxy) is 1. The van der Waals surface area contributed by atoms with Crippen molar-refractivity contribution in [3.05, 3.63) is 31.0 Å². The Labute approximate surface area is 110 Å². The van der Waals surface area contributed by atoms with Gasteiger partial charge >= 0.3 is 0 Å². The van der Waals surface area contributed by atoms with Crippen LogP contribution in [0, 0.1) is 0 Å². The van der Waals surface area contributed by atoms with Crippen LogP contribution in [0.1, 0.15) is 25.3 Å². The summed E-state index contributed by atoms with van der Waals surface area (Å²) in [4.78, 5) is 25.1. The smallest absolute Gasteiger partial charge is 0.268 e. The largest absolute Gasteiger partial charge is 0.489 e. The molecular weight excluding hydrogens is 250 g/mol. The van der Waals surface area contributed by atoms with E-state index in [1.807, 2.05) is 7.05 Å². The summed E-state index contributed by atoms with van der Waals surface area (Å²) in [6.45, 7) is 3.52. The standard InChI is InChI=1S/C13H17NO3S/c1-3-4-6-17-13-9(11(15)12(13)16)8-10-14(2)5-7-18-10/h8H,3-7H2,1-2H3/b10-8+. The second kappa shape index (κ2) is 5.61. The molecule has 0 aromatic heterocycles. The van der Waals surface area contributed by atoms with Crippen LogP contribution in [0.4, 0.5) is 0 Å². The van der Waals surface area contributed by atoms with E-state index in [-0.39, 0.29) is 5.75 Å². The van der Waals surface area contributed by atoms with Crippen LogP contribution in [-0.2, 0) is 0 Å². The fourth-order valence-corrected chi connectivity index (χ4v) is 2.85. The minimum Gasteiger partial charge on any atom is -0.489 e. The van der Waals surface area contributed by atoms with Gasteiger partial charge in [-0.05, 0) is 12.5 Å². The Morgan fingerprint density at radius 2 is 2.17 bits per heavy atom. The molecule has 5 heteroatoms. The normalized spacial score (nSPS) is 17.9. The summed E-state index contributed by atoms with van der Waals surface area (Å²) in [7, 11) is 1.98. The van der Waals surface area contributed by atoms with E-state index in [0.29, 0.717) is 12.2 Å². The Bertz CT molecular complexity index is 528. The molecule has 1 aromatic carbocycles. The fraction of sp³-hybridized carbons (Fsp3) is 0.538. The summed E-state index contributed by atoms with van der Waals surface area (Å²) in [5.74, 6) is 1.27. The molecule has 1 aromatic rings. The van der Waals surface area contributed by atoms with Crippen molar-refractivity contribution < 1.29 is 4.74 Å². The third-order valence-corrected chi connectivity index (χ3v) is 4.08. The maximum Gasteiger partial charge on any atom is 0.268 e. The zero-order valence-corrected chi connectivity index (χ0v) is 11.5. The molecule has 98 valence electrons. The molecule has 18 heavy (non-hydrogen) atoms. The van der Waals surface area contributed by atoms with Gasteiger partial charge in [0.15, 0.2) is 5.75 Å². The number of hydrogen-bond acceptors (Lipinski definition) is 5. The number of thioether (sulfide) groups is 1. The highest BCUT2D eigenvalue weighted by molar-refractivity contribution is 8.03. The van der Waals surface area contributed by atoms with E-state index in [4.69, 9.17) is 4.74 Å². The first kappa shape index (κ1) is 13.2. The van der Waals surface area contributed by atoms with Gasteiger partial charge in [0, 0.05) is 19.3 Å². The predicted molar refractivity (Wildman–Crippen MR) is 74.8 cm³/mol. The summed E-state index contributed by atoms with van der Waals surface area (Å²) in [5.41, 5.74) is -0.467. The summed E-state index contributed by atoms with van der Waals surface area (Å²) in [5, 5.41) is 1.03. The molecule has 0 spiro atoms. The second-order valence-electron chi connectivity index (χ2n) is 4.36.